The summed E-state index contributed by atoms with van der Waals surface area (Å²) in [6.07, 6.45) is -1.08. The number of carbonyl (C=O) groups excluding carboxylic acids is 5. The van der Waals surface area contributed by atoms with Crippen LogP contribution in [0.1, 0.15) is 138 Å². The number of hydrogen-bond acceptors (Lipinski definition) is 9. The molecule has 0 aliphatic rings. The average Bonchev–Trinajstić information content (AvgIpc) is 2.98. The average molecular weight is 751 g/mol. The number of carbonyl (C=O) groups is 5. The number of esters is 1. The fraction of sp³-hybridized carbons (Fsp3) is 0.872. The van der Waals surface area contributed by atoms with Gasteiger partial charge in [0, 0.05) is 58.3 Å². The van der Waals surface area contributed by atoms with Gasteiger partial charge in [0.15, 0.2) is 0 Å². The Morgan fingerprint density at radius 2 is 0.654 bits per heavy atom. The summed E-state index contributed by atoms with van der Waals surface area (Å²) in [5.41, 5.74) is 0. The number of nitrogens with zero attached hydrogens (tertiary/aromatic N) is 4. The molecule has 0 fully saturated rings. The first-order chi connectivity index (χ1) is 23.3. The van der Waals surface area contributed by atoms with Crippen molar-refractivity contribution in [2.75, 3.05) is 28.2 Å². The third kappa shape index (κ3) is 35.2. The van der Waals surface area contributed by atoms with Gasteiger partial charge < -0.3 is 38.5 Å². The van der Waals surface area contributed by atoms with Gasteiger partial charge in [-0.2, -0.15) is 0 Å². The summed E-state index contributed by atoms with van der Waals surface area (Å²) in [4.78, 5) is 62.0. The Labute approximate surface area is 319 Å². The van der Waals surface area contributed by atoms with E-state index in [1.54, 1.807) is 54.3 Å². The molecule has 4 amide bonds. The molecule has 0 radical (unpaired) electrons. The fourth-order valence-corrected chi connectivity index (χ4v) is 2.63. The van der Waals surface area contributed by atoms with Crippen LogP contribution in [0.3, 0.4) is 0 Å². The van der Waals surface area contributed by atoms with Crippen LogP contribution in [0.15, 0.2) is 0 Å². The second-order valence-electron chi connectivity index (χ2n) is 15.3. The molecule has 52 heavy (non-hydrogen) atoms. The minimum atomic E-state index is -0.593. The number of amides is 4. The van der Waals surface area contributed by atoms with Crippen molar-refractivity contribution >= 4 is 30.2 Å². The molecule has 0 saturated heterocycles. The molecule has 0 aromatic carbocycles. The standard InChI is InChI=1S/C9H20N2O.C8H17NO2.C8H17NO.C7H14O3.C7H14O2/c1-7(2)10(5)9(12)11(6)8(3)4;1-6(2)9(5)8(10)11-7(3)4;1-6(2)8(10)9(5)7(3)4;1-5(2)9-7(8)10-6(3)4;1-5(2)7(8)9-6(3)4/h7-8H,1-6H3;6-7H,1-5H3;6-7H,1-5H3;5-6H,1-4H3;5-6H,1-4H3. The molecule has 0 atom stereocenters. The van der Waals surface area contributed by atoms with Crippen LogP contribution in [-0.2, 0) is 28.5 Å². The van der Waals surface area contributed by atoms with Gasteiger partial charge >= 0.3 is 24.2 Å². The maximum absolute atomic E-state index is 11.6. The lowest BCUT2D eigenvalue weighted by atomic mass is 10.2. The fourth-order valence-electron chi connectivity index (χ4n) is 2.63. The van der Waals surface area contributed by atoms with Gasteiger partial charge in [-0.25, -0.2) is 14.4 Å². The summed E-state index contributed by atoms with van der Waals surface area (Å²) in [6, 6.07) is 1.12. The van der Waals surface area contributed by atoms with Gasteiger partial charge in [-0.05, 0) is 111 Å². The van der Waals surface area contributed by atoms with E-state index in [2.05, 4.69) is 0 Å². The van der Waals surface area contributed by atoms with Gasteiger partial charge in [0.25, 0.3) is 0 Å². The second-order valence-corrected chi connectivity index (χ2v) is 15.3. The molecule has 13 nitrogen and oxygen atoms in total. The Hall–Kier alpha value is -3.25. The summed E-state index contributed by atoms with van der Waals surface area (Å²) >= 11 is 0. The van der Waals surface area contributed by atoms with E-state index in [4.69, 9.17) is 18.9 Å². The zero-order chi connectivity index (χ0) is 42.8. The molecule has 312 valence electrons. The monoisotopic (exact) mass is 751 g/mol. The van der Waals surface area contributed by atoms with Crippen molar-refractivity contribution < 1.29 is 42.9 Å². The predicted octanol–water partition coefficient (Wildman–Crippen LogP) is 8.72. The number of hydrogen-bond donors (Lipinski definition) is 0. The Bertz CT molecular complexity index is 935. The summed E-state index contributed by atoms with van der Waals surface area (Å²) < 4.78 is 19.2. The van der Waals surface area contributed by atoms with Gasteiger partial charge in [-0.15, -0.1) is 0 Å². The molecular weight excluding hydrogens is 668 g/mol. The molecule has 0 aliphatic heterocycles. The maximum Gasteiger partial charge on any atom is 0.508 e. The lowest BCUT2D eigenvalue weighted by molar-refractivity contribution is -0.151. The summed E-state index contributed by atoms with van der Waals surface area (Å²) in [6.45, 7) is 37.9. The second kappa shape index (κ2) is 31.3. The molecule has 0 rings (SSSR count). The van der Waals surface area contributed by atoms with Crippen molar-refractivity contribution in [3.63, 3.8) is 0 Å². The van der Waals surface area contributed by atoms with Crippen molar-refractivity contribution in [2.45, 2.75) is 187 Å². The quantitative estimate of drug-likeness (QED) is 0.159. The molecule has 0 aliphatic carbocycles. The van der Waals surface area contributed by atoms with Crippen LogP contribution in [-0.4, -0.2) is 127 Å². The molecule has 0 aromatic heterocycles. The Kier molecular flexibility index (Phi) is 34.9. The first-order valence-corrected chi connectivity index (χ1v) is 18.6. The zero-order valence-corrected chi connectivity index (χ0v) is 37.7. The highest BCUT2D eigenvalue weighted by molar-refractivity contribution is 5.78. The summed E-state index contributed by atoms with van der Waals surface area (Å²) in [7, 11) is 7.22. The van der Waals surface area contributed by atoms with Crippen molar-refractivity contribution in [2.24, 2.45) is 11.8 Å². The van der Waals surface area contributed by atoms with E-state index in [1.807, 2.05) is 132 Å². The van der Waals surface area contributed by atoms with Crippen LogP contribution < -0.4 is 0 Å². The van der Waals surface area contributed by atoms with Crippen LogP contribution in [0.4, 0.5) is 14.4 Å². The third-order valence-electron chi connectivity index (χ3n) is 6.65. The Morgan fingerprint density at radius 1 is 0.365 bits per heavy atom. The predicted molar refractivity (Wildman–Crippen MR) is 212 cm³/mol. The van der Waals surface area contributed by atoms with Gasteiger partial charge in [0.05, 0.1) is 30.3 Å². The van der Waals surface area contributed by atoms with E-state index in [0.717, 1.165) is 0 Å². The number of urea groups is 1. The lowest BCUT2D eigenvalue weighted by Crippen LogP contribution is -2.45. The number of ether oxygens (including phenoxy) is 4. The van der Waals surface area contributed by atoms with Crippen LogP contribution >= 0.6 is 0 Å². The van der Waals surface area contributed by atoms with E-state index in [0.29, 0.717) is 6.04 Å². The smallest absolute Gasteiger partial charge is 0.463 e. The van der Waals surface area contributed by atoms with E-state index < -0.39 is 6.16 Å². The van der Waals surface area contributed by atoms with Crippen LogP contribution in [0.5, 0.6) is 0 Å². The van der Waals surface area contributed by atoms with E-state index in [1.165, 1.54) is 0 Å². The molecular formula is C39H82N4O9. The minimum absolute atomic E-state index is 0.00704. The highest BCUT2D eigenvalue weighted by atomic mass is 16.7. The maximum atomic E-state index is 11.6. The molecule has 0 unspecified atom stereocenters. The molecule has 0 saturated carbocycles. The van der Waals surface area contributed by atoms with E-state index >= 15 is 0 Å². The lowest BCUT2D eigenvalue weighted by Gasteiger charge is -2.30. The highest BCUT2D eigenvalue weighted by Gasteiger charge is 2.18. The van der Waals surface area contributed by atoms with Crippen molar-refractivity contribution in [3.8, 4) is 0 Å². The SMILES string of the molecule is CC(C)C(=O)N(C)C(C)C.CC(C)N(C)C(=O)N(C)C(C)C.CC(C)OC(=O)C(C)C.CC(C)OC(=O)N(C)C(C)C.CC(C)OC(=O)OC(C)C. The highest BCUT2D eigenvalue weighted by Crippen LogP contribution is 2.04. The van der Waals surface area contributed by atoms with Crippen molar-refractivity contribution in [1.82, 2.24) is 19.6 Å². The molecule has 0 N–H and O–H groups in total. The molecule has 0 bridgehead atoms. The van der Waals surface area contributed by atoms with Crippen LogP contribution in [0.25, 0.3) is 0 Å². The summed E-state index contributed by atoms with van der Waals surface area (Å²) in [5.74, 6) is 0.208. The normalized spacial score (nSPS) is 10.5. The van der Waals surface area contributed by atoms with Crippen LogP contribution in [0.2, 0.25) is 0 Å². The van der Waals surface area contributed by atoms with Crippen molar-refractivity contribution in [1.29, 1.82) is 0 Å². The molecule has 0 heterocycles. The Balaban J connectivity index is -0.000000178. The van der Waals surface area contributed by atoms with Crippen molar-refractivity contribution in [3.05, 3.63) is 0 Å². The number of rotatable bonds is 10. The first kappa shape index (κ1) is 58.1. The van der Waals surface area contributed by atoms with Gasteiger partial charge in [-0.1, -0.05) is 27.7 Å². The molecule has 0 spiro atoms. The molecule has 13 heteroatoms. The van der Waals surface area contributed by atoms with Gasteiger partial charge in [-0.3, -0.25) is 9.59 Å². The summed E-state index contributed by atoms with van der Waals surface area (Å²) in [5, 5.41) is 0. The topological polar surface area (TPSA) is 135 Å². The molecule has 0 aromatic rings. The van der Waals surface area contributed by atoms with E-state index in [9.17, 15) is 24.0 Å². The first-order valence-electron chi connectivity index (χ1n) is 18.6. The minimum Gasteiger partial charge on any atom is -0.463 e. The zero-order valence-electron chi connectivity index (χ0n) is 37.7. The third-order valence-corrected chi connectivity index (χ3v) is 6.65. The van der Waals surface area contributed by atoms with Crippen LogP contribution in [0, 0.1) is 11.8 Å². The Morgan fingerprint density at radius 3 is 0.827 bits per heavy atom. The van der Waals surface area contributed by atoms with Gasteiger partial charge in [0.2, 0.25) is 5.91 Å². The van der Waals surface area contributed by atoms with E-state index in [-0.39, 0.29) is 78.4 Å². The largest absolute Gasteiger partial charge is 0.508 e. The van der Waals surface area contributed by atoms with Gasteiger partial charge in [0.1, 0.15) is 0 Å².